The highest BCUT2D eigenvalue weighted by Crippen LogP contribution is 2.11. The SMILES string of the molecule is Cl/C=C(Cl)/N=C(\Cl)c1ccccc1. The monoisotopic (exact) mass is 233 g/mol. The number of halogens is 3. The molecule has 13 heavy (non-hydrogen) atoms. The zero-order chi connectivity index (χ0) is 9.68. The molecule has 0 aliphatic carbocycles. The fourth-order valence-electron chi connectivity index (χ4n) is 0.758. The van der Waals surface area contributed by atoms with E-state index >= 15 is 0 Å². The molecule has 1 rings (SSSR count). The molecule has 1 aromatic carbocycles. The Kier molecular flexibility index (Phi) is 4.29. The van der Waals surface area contributed by atoms with Gasteiger partial charge in [0, 0.05) is 11.1 Å². The molecule has 0 spiro atoms. The molecule has 0 fully saturated rings. The van der Waals surface area contributed by atoms with E-state index in [2.05, 4.69) is 4.99 Å². The van der Waals surface area contributed by atoms with E-state index in [1.54, 1.807) is 0 Å². The molecule has 0 radical (unpaired) electrons. The van der Waals surface area contributed by atoms with Crippen LogP contribution in [0.3, 0.4) is 0 Å². The number of hydrogen-bond acceptors (Lipinski definition) is 1. The van der Waals surface area contributed by atoms with E-state index in [1.165, 1.54) is 0 Å². The minimum absolute atomic E-state index is 0.163. The summed E-state index contributed by atoms with van der Waals surface area (Å²) in [7, 11) is 0. The first-order valence-corrected chi connectivity index (χ1v) is 4.69. The lowest BCUT2D eigenvalue weighted by Crippen LogP contribution is -1.89. The van der Waals surface area contributed by atoms with Crippen molar-refractivity contribution in [3.8, 4) is 0 Å². The van der Waals surface area contributed by atoms with Crippen LogP contribution in [-0.4, -0.2) is 5.17 Å². The first kappa shape index (κ1) is 10.6. The van der Waals surface area contributed by atoms with Crippen molar-refractivity contribution in [2.45, 2.75) is 0 Å². The molecule has 0 aromatic heterocycles. The predicted octanol–water partition coefficient (Wildman–Crippen LogP) is 3.95. The number of hydrogen-bond donors (Lipinski definition) is 0. The molecular formula is C9H6Cl3N. The highest BCUT2D eigenvalue weighted by Gasteiger charge is 1.98. The van der Waals surface area contributed by atoms with E-state index in [-0.39, 0.29) is 5.16 Å². The van der Waals surface area contributed by atoms with Gasteiger partial charge in [-0.2, -0.15) is 0 Å². The Hall–Kier alpha value is -0.500. The van der Waals surface area contributed by atoms with Crippen LogP contribution in [-0.2, 0) is 0 Å². The summed E-state index contributed by atoms with van der Waals surface area (Å²) in [5.74, 6) is 0. The molecule has 1 aromatic rings. The van der Waals surface area contributed by atoms with Gasteiger partial charge < -0.3 is 0 Å². The van der Waals surface area contributed by atoms with E-state index in [9.17, 15) is 0 Å². The Morgan fingerprint density at radius 2 is 1.77 bits per heavy atom. The third kappa shape index (κ3) is 3.39. The van der Waals surface area contributed by atoms with Crippen LogP contribution in [0, 0.1) is 0 Å². The van der Waals surface area contributed by atoms with Crippen LogP contribution in [0.25, 0.3) is 0 Å². The zero-order valence-electron chi connectivity index (χ0n) is 6.55. The van der Waals surface area contributed by atoms with E-state index < -0.39 is 0 Å². The third-order valence-electron chi connectivity index (χ3n) is 1.31. The molecule has 0 heterocycles. The van der Waals surface area contributed by atoms with Crippen molar-refractivity contribution in [1.29, 1.82) is 0 Å². The summed E-state index contributed by atoms with van der Waals surface area (Å²) >= 11 is 16.7. The van der Waals surface area contributed by atoms with Crippen LogP contribution >= 0.6 is 34.8 Å². The number of nitrogens with zero attached hydrogens (tertiary/aromatic N) is 1. The second-order valence-corrected chi connectivity index (χ2v) is 3.16. The van der Waals surface area contributed by atoms with Crippen LogP contribution in [0.15, 0.2) is 46.0 Å². The molecule has 0 atom stereocenters. The number of aliphatic imine (C=N–C) groups is 1. The molecule has 0 amide bonds. The summed E-state index contributed by atoms with van der Waals surface area (Å²) in [5, 5.41) is 0.484. The topological polar surface area (TPSA) is 12.4 Å². The molecule has 0 saturated carbocycles. The van der Waals surface area contributed by atoms with Gasteiger partial charge in [-0.05, 0) is 0 Å². The molecule has 0 bridgehead atoms. The lowest BCUT2D eigenvalue weighted by Gasteiger charge is -1.96. The highest BCUT2D eigenvalue weighted by atomic mass is 35.5. The Bertz CT molecular complexity index is 330. The van der Waals surface area contributed by atoms with Gasteiger partial charge in [-0.25, -0.2) is 4.99 Å². The van der Waals surface area contributed by atoms with Crippen LogP contribution in [0.1, 0.15) is 5.56 Å². The number of rotatable bonds is 2. The first-order valence-electron chi connectivity index (χ1n) is 3.49. The van der Waals surface area contributed by atoms with Gasteiger partial charge >= 0.3 is 0 Å². The maximum atomic E-state index is 5.85. The predicted molar refractivity (Wildman–Crippen MR) is 58.6 cm³/mol. The number of benzene rings is 1. The Balaban J connectivity index is 2.92. The van der Waals surface area contributed by atoms with E-state index in [0.717, 1.165) is 11.1 Å². The maximum Gasteiger partial charge on any atom is 0.142 e. The Morgan fingerprint density at radius 1 is 1.15 bits per heavy atom. The summed E-state index contributed by atoms with van der Waals surface area (Å²) in [4.78, 5) is 3.84. The zero-order valence-corrected chi connectivity index (χ0v) is 8.81. The van der Waals surface area contributed by atoms with Gasteiger partial charge in [0.05, 0.1) is 0 Å². The lowest BCUT2D eigenvalue weighted by atomic mass is 10.2. The van der Waals surface area contributed by atoms with Gasteiger partial charge in [0.2, 0.25) is 0 Å². The molecule has 0 N–H and O–H groups in total. The van der Waals surface area contributed by atoms with Gasteiger partial charge in [-0.1, -0.05) is 65.1 Å². The molecular weight excluding hydrogens is 228 g/mol. The largest absolute Gasteiger partial charge is 0.223 e. The second kappa shape index (κ2) is 5.28. The van der Waals surface area contributed by atoms with Crippen LogP contribution in [0.4, 0.5) is 0 Å². The van der Waals surface area contributed by atoms with E-state index in [1.807, 2.05) is 30.3 Å². The first-order chi connectivity index (χ1) is 6.24. The molecule has 0 aliphatic heterocycles. The molecule has 0 aliphatic rings. The van der Waals surface area contributed by atoms with Crippen LogP contribution in [0.5, 0.6) is 0 Å². The fourth-order valence-corrected chi connectivity index (χ4v) is 1.15. The summed E-state index contributed by atoms with van der Waals surface area (Å²) in [6.45, 7) is 0. The highest BCUT2D eigenvalue weighted by molar-refractivity contribution is 6.70. The van der Waals surface area contributed by atoms with Gasteiger partial charge in [-0.15, -0.1) is 0 Å². The summed E-state index contributed by atoms with van der Waals surface area (Å²) in [6, 6.07) is 9.30. The lowest BCUT2D eigenvalue weighted by molar-refractivity contribution is 1.52. The Labute approximate surface area is 91.6 Å². The molecule has 1 nitrogen and oxygen atoms in total. The summed E-state index contributed by atoms with van der Waals surface area (Å²) in [5.41, 5.74) is 1.97. The van der Waals surface area contributed by atoms with Crippen LogP contribution < -0.4 is 0 Å². The summed E-state index contributed by atoms with van der Waals surface area (Å²) < 4.78 is 0. The van der Waals surface area contributed by atoms with Crippen molar-refractivity contribution in [2.24, 2.45) is 4.99 Å². The standard InChI is InChI=1S/C9H6Cl3N/c10-6-8(11)13-9(12)7-4-2-1-3-5-7/h1-6H/b8-6+,13-9-. The van der Waals surface area contributed by atoms with E-state index in [0.29, 0.717) is 5.17 Å². The second-order valence-electron chi connectivity index (χ2n) is 2.20. The molecule has 68 valence electrons. The minimum atomic E-state index is 0.163. The van der Waals surface area contributed by atoms with Crippen LogP contribution in [0.2, 0.25) is 0 Å². The quantitative estimate of drug-likeness (QED) is 0.543. The average molecular weight is 235 g/mol. The van der Waals surface area contributed by atoms with Gasteiger partial charge in [0.1, 0.15) is 10.3 Å². The maximum absolute atomic E-state index is 5.85. The van der Waals surface area contributed by atoms with Gasteiger partial charge in [0.15, 0.2) is 0 Å². The minimum Gasteiger partial charge on any atom is -0.223 e. The van der Waals surface area contributed by atoms with Gasteiger partial charge in [-0.3, -0.25) is 0 Å². The van der Waals surface area contributed by atoms with Crippen molar-refractivity contribution >= 4 is 40.0 Å². The van der Waals surface area contributed by atoms with Crippen molar-refractivity contribution in [3.05, 3.63) is 46.6 Å². The third-order valence-corrected chi connectivity index (χ3v) is 2.12. The molecule has 0 unspecified atom stereocenters. The molecule has 0 saturated heterocycles. The van der Waals surface area contributed by atoms with Crippen molar-refractivity contribution < 1.29 is 0 Å². The Morgan fingerprint density at radius 3 is 2.31 bits per heavy atom. The van der Waals surface area contributed by atoms with Crippen molar-refractivity contribution in [3.63, 3.8) is 0 Å². The average Bonchev–Trinajstić information content (AvgIpc) is 2.19. The van der Waals surface area contributed by atoms with Crippen molar-refractivity contribution in [2.75, 3.05) is 0 Å². The normalized spacial score (nSPS) is 13.2. The van der Waals surface area contributed by atoms with Crippen molar-refractivity contribution in [1.82, 2.24) is 0 Å². The van der Waals surface area contributed by atoms with Gasteiger partial charge in [0.25, 0.3) is 0 Å². The fraction of sp³-hybridized carbons (Fsp3) is 0. The summed E-state index contributed by atoms with van der Waals surface area (Å²) in [6.07, 6.45) is 0. The smallest absolute Gasteiger partial charge is 0.142 e. The molecule has 4 heteroatoms. The van der Waals surface area contributed by atoms with E-state index in [4.69, 9.17) is 34.8 Å².